The number of likely N-dealkylation sites (tertiary alicyclic amines) is 1. The predicted octanol–water partition coefficient (Wildman–Crippen LogP) is 1.49. The lowest BCUT2D eigenvalue weighted by molar-refractivity contribution is -0.120. The number of nitrogens with one attached hydrogen (secondary N) is 1. The zero-order chi connectivity index (χ0) is 13.7. The van der Waals surface area contributed by atoms with E-state index in [9.17, 15) is 4.79 Å². The Morgan fingerprint density at radius 2 is 1.89 bits per heavy atom. The SMILES string of the molecule is CC(C)NC(CCN1C(C)CCCC1C)C(N)=O. The van der Waals surface area contributed by atoms with Crippen LogP contribution in [-0.4, -0.2) is 41.5 Å². The lowest BCUT2D eigenvalue weighted by Gasteiger charge is -2.39. The van der Waals surface area contributed by atoms with Crippen molar-refractivity contribution in [2.75, 3.05) is 6.54 Å². The Hall–Kier alpha value is -0.610. The first-order valence-electron chi connectivity index (χ1n) is 7.23. The van der Waals surface area contributed by atoms with Crippen molar-refractivity contribution in [1.82, 2.24) is 10.2 Å². The molecule has 1 aliphatic rings. The van der Waals surface area contributed by atoms with Gasteiger partial charge >= 0.3 is 0 Å². The van der Waals surface area contributed by atoms with Crippen LogP contribution in [0, 0.1) is 0 Å². The van der Waals surface area contributed by atoms with Gasteiger partial charge in [-0.25, -0.2) is 0 Å². The van der Waals surface area contributed by atoms with Crippen molar-refractivity contribution in [2.24, 2.45) is 5.73 Å². The second-order valence-electron chi connectivity index (χ2n) is 5.93. The van der Waals surface area contributed by atoms with Crippen molar-refractivity contribution in [1.29, 1.82) is 0 Å². The Kier molecular flexibility index (Phi) is 6.09. The minimum absolute atomic E-state index is 0.202. The molecule has 4 heteroatoms. The summed E-state index contributed by atoms with van der Waals surface area (Å²) >= 11 is 0. The molecule has 3 atom stereocenters. The molecule has 1 aliphatic heterocycles. The average molecular weight is 255 g/mol. The largest absolute Gasteiger partial charge is 0.368 e. The third-order valence-corrected chi connectivity index (χ3v) is 3.93. The highest BCUT2D eigenvalue weighted by Crippen LogP contribution is 2.22. The van der Waals surface area contributed by atoms with Crippen LogP contribution >= 0.6 is 0 Å². The van der Waals surface area contributed by atoms with E-state index in [4.69, 9.17) is 5.73 Å². The predicted molar refractivity (Wildman–Crippen MR) is 75.4 cm³/mol. The molecule has 3 unspecified atom stereocenters. The molecule has 0 radical (unpaired) electrons. The minimum Gasteiger partial charge on any atom is -0.368 e. The van der Waals surface area contributed by atoms with Crippen LogP contribution in [0.15, 0.2) is 0 Å². The summed E-state index contributed by atoms with van der Waals surface area (Å²) in [6.45, 7) is 9.61. The van der Waals surface area contributed by atoms with Crippen LogP contribution < -0.4 is 11.1 Å². The second kappa shape index (κ2) is 7.10. The molecule has 0 saturated carbocycles. The van der Waals surface area contributed by atoms with Crippen LogP contribution in [0.5, 0.6) is 0 Å². The molecule has 1 rings (SSSR count). The fraction of sp³-hybridized carbons (Fsp3) is 0.929. The van der Waals surface area contributed by atoms with Gasteiger partial charge in [-0.2, -0.15) is 0 Å². The molecule has 3 N–H and O–H groups in total. The third-order valence-electron chi connectivity index (χ3n) is 3.93. The number of primary amides is 1. The number of rotatable bonds is 6. The zero-order valence-electron chi connectivity index (χ0n) is 12.3. The number of nitrogens with zero attached hydrogens (tertiary/aromatic N) is 1. The standard InChI is InChI=1S/C14H29N3O/c1-10(2)16-13(14(15)18)8-9-17-11(3)6-5-7-12(17)4/h10-13,16H,5-9H2,1-4H3,(H2,15,18). The number of carbonyl (C=O) groups excluding carboxylic acids is 1. The topological polar surface area (TPSA) is 58.4 Å². The molecule has 1 amide bonds. The van der Waals surface area contributed by atoms with Gasteiger partial charge in [-0.15, -0.1) is 0 Å². The highest BCUT2D eigenvalue weighted by atomic mass is 16.1. The van der Waals surface area contributed by atoms with E-state index in [0.29, 0.717) is 18.1 Å². The first kappa shape index (κ1) is 15.4. The molecule has 0 aliphatic carbocycles. The van der Waals surface area contributed by atoms with Crippen molar-refractivity contribution in [3.63, 3.8) is 0 Å². The first-order chi connectivity index (χ1) is 8.41. The highest BCUT2D eigenvalue weighted by molar-refractivity contribution is 5.79. The van der Waals surface area contributed by atoms with Crippen molar-refractivity contribution in [2.45, 2.75) is 77.5 Å². The van der Waals surface area contributed by atoms with E-state index in [2.05, 4.69) is 24.1 Å². The van der Waals surface area contributed by atoms with Crippen LogP contribution in [0.25, 0.3) is 0 Å². The normalized spacial score (nSPS) is 27.4. The second-order valence-corrected chi connectivity index (χ2v) is 5.93. The average Bonchev–Trinajstić information content (AvgIpc) is 2.26. The van der Waals surface area contributed by atoms with Gasteiger partial charge in [-0.3, -0.25) is 9.69 Å². The monoisotopic (exact) mass is 255 g/mol. The Balaban J connectivity index is 2.47. The van der Waals surface area contributed by atoms with E-state index in [0.717, 1.165) is 13.0 Å². The number of piperidine rings is 1. The van der Waals surface area contributed by atoms with Gasteiger partial charge in [0.2, 0.25) is 5.91 Å². The van der Waals surface area contributed by atoms with E-state index in [1.807, 2.05) is 13.8 Å². The molecule has 0 aromatic rings. The lowest BCUT2D eigenvalue weighted by atomic mass is 9.97. The quantitative estimate of drug-likeness (QED) is 0.756. The molecule has 0 bridgehead atoms. The van der Waals surface area contributed by atoms with Gasteiger partial charge in [0.15, 0.2) is 0 Å². The lowest BCUT2D eigenvalue weighted by Crippen LogP contribution is -2.49. The van der Waals surface area contributed by atoms with Crippen molar-refractivity contribution < 1.29 is 4.79 Å². The Labute approximate surface area is 111 Å². The Morgan fingerprint density at radius 3 is 2.33 bits per heavy atom. The smallest absolute Gasteiger partial charge is 0.234 e. The molecular weight excluding hydrogens is 226 g/mol. The summed E-state index contributed by atoms with van der Waals surface area (Å²) in [4.78, 5) is 13.9. The van der Waals surface area contributed by atoms with Gasteiger partial charge in [0.05, 0.1) is 6.04 Å². The summed E-state index contributed by atoms with van der Waals surface area (Å²) in [5.41, 5.74) is 5.45. The summed E-state index contributed by atoms with van der Waals surface area (Å²) < 4.78 is 0. The van der Waals surface area contributed by atoms with Crippen molar-refractivity contribution in [3.8, 4) is 0 Å². The van der Waals surface area contributed by atoms with Gasteiger partial charge in [0.25, 0.3) is 0 Å². The van der Waals surface area contributed by atoms with Crippen LogP contribution in [0.3, 0.4) is 0 Å². The van der Waals surface area contributed by atoms with E-state index in [1.54, 1.807) is 0 Å². The van der Waals surface area contributed by atoms with Crippen molar-refractivity contribution in [3.05, 3.63) is 0 Å². The first-order valence-corrected chi connectivity index (χ1v) is 7.23. The number of hydrogen-bond donors (Lipinski definition) is 2. The molecule has 0 aromatic heterocycles. The molecule has 0 aromatic carbocycles. The van der Waals surface area contributed by atoms with Crippen LogP contribution in [0.1, 0.15) is 53.4 Å². The summed E-state index contributed by atoms with van der Waals surface area (Å²) in [6, 6.07) is 1.34. The maximum atomic E-state index is 11.4. The highest BCUT2D eigenvalue weighted by Gasteiger charge is 2.26. The minimum atomic E-state index is -0.235. The Bertz CT molecular complexity index is 258. The summed E-state index contributed by atoms with van der Waals surface area (Å²) in [7, 11) is 0. The molecule has 1 saturated heterocycles. The van der Waals surface area contributed by atoms with E-state index in [1.165, 1.54) is 19.3 Å². The molecule has 1 fully saturated rings. The molecule has 106 valence electrons. The van der Waals surface area contributed by atoms with Gasteiger partial charge in [-0.05, 0) is 33.1 Å². The van der Waals surface area contributed by atoms with Gasteiger partial charge in [0, 0.05) is 24.7 Å². The molecule has 4 nitrogen and oxygen atoms in total. The molecule has 1 heterocycles. The summed E-state index contributed by atoms with van der Waals surface area (Å²) in [5, 5.41) is 3.25. The van der Waals surface area contributed by atoms with Gasteiger partial charge in [0.1, 0.15) is 0 Å². The van der Waals surface area contributed by atoms with Crippen LogP contribution in [-0.2, 0) is 4.79 Å². The molecule has 0 spiro atoms. The maximum Gasteiger partial charge on any atom is 0.234 e. The van der Waals surface area contributed by atoms with Crippen LogP contribution in [0.2, 0.25) is 0 Å². The molecular formula is C14H29N3O. The van der Waals surface area contributed by atoms with E-state index in [-0.39, 0.29) is 11.9 Å². The third kappa shape index (κ3) is 4.58. The summed E-state index contributed by atoms with van der Waals surface area (Å²) in [6.07, 6.45) is 4.66. The number of hydrogen-bond acceptors (Lipinski definition) is 3. The molecule has 18 heavy (non-hydrogen) atoms. The fourth-order valence-electron chi connectivity index (χ4n) is 2.90. The van der Waals surface area contributed by atoms with E-state index >= 15 is 0 Å². The zero-order valence-corrected chi connectivity index (χ0v) is 12.3. The fourth-order valence-corrected chi connectivity index (χ4v) is 2.90. The number of carbonyl (C=O) groups is 1. The van der Waals surface area contributed by atoms with Gasteiger partial charge < -0.3 is 11.1 Å². The number of amides is 1. The van der Waals surface area contributed by atoms with Gasteiger partial charge in [-0.1, -0.05) is 20.3 Å². The Morgan fingerprint density at radius 1 is 1.33 bits per heavy atom. The number of nitrogens with two attached hydrogens (primary N) is 1. The van der Waals surface area contributed by atoms with Crippen molar-refractivity contribution >= 4 is 5.91 Å². The van der Waals surface area contributed by atoms with Crippen LogP contribution in [0.4, 0.5) is 0 Å². The summed E-state index contributed by atoms with van der Waals surface area (Å²) in [5.74, 6) is -0.235. The van der Waals surface area contributed by atoms with E-state index < -0.39 is 0 Å². The maximum absolute atomic E-state index is 11.4.